The van der Waals surface area contributed by atoms with Crippen molar-refractivity contribution in [2.45, 2.75) is 37.2 Å². The van der Waals surface area contributed by atoms with E-state index in [1.807, 2.05) is 19.1 Å². The van der Waals surface area contributed by atoms with Crippen LogP contribution in [-0.4, -0.2) is 31.9 Å². The van der Waals surface area contributed by atoms with Crippen LogP contribution in [0.2, 0.25) is 0 Å². The molecule has 2 rings (SSSR count). The van der Waals surface area contributed by atoms with E-state index in [0.29, 0.717) is 28.5 Å². The highest BCUT2D eigenvalue weighted by Crippen LogP contribution is 2.27. The number of rotatable bonds is 8. The highest BCUT2D eigenvalue weighted by molar-refractivity contribution is 9.10. The van der Waals surface area contributed by atoms with Crippen LogP contribution >= 0.6 is 15.9 Å². The van der Waals surface area contributed by atoms with Crippen molar-refractivity contribution in [2.24, 2.45) is 0 Å². The zero-order valence-electron chi connectivity index (χ0n) is 12.2. The molecule has 0 aromatic heterocycles. The van der Waals surface area contributed by atoms with Crippen molar-refractivity contribution in [1.82, 2.24) is 9.62 Å². The van der Waals surface area contributed by atoms with Crippen LogP contribution in [0.5, 0.6) is 0 Å². The van der Waals surface area contributed by atoms with Gasteiger partial charge in [0.1, 0.15) is 0 Å². The fourth-order valence-corrected chi connectivity index (χ4v) is 4.60. The van der Waals surface area contributed by atoms with Gasteiger partial charge in [0.2, 0.25) is 10.0 Å². The van der Waals surface area contributed by atoms with Crippen LogP contribution in [0.15, 0.2) is 40.2 Å². The molecule has 21 heavy (non-hydrogen) atoms. The lowest BCUT2D eigenvalue weighted by molar-refractivity contribution is 0.459. The predicted molar refractivity (Wildman–Crippen MR) is 88.6 cm³/mol. The first kappa shape index (κ1) is 16.7. The molecule has 1 aromatic rings. The number of halogens is 1. The molecule has 1 aromatic carbocycles. The Labute approximate surface area is 135 Å². The minimum atomic E-state index is -3.48. The quantitative estimate of drug-likeness (QED) is 0.713. The summed E-state index contributed by atoms with van der Waals surface area (Å²) < 4.78 is 27.2. The highest BCUT2D eigenvalue weighted by atomic mass is 79.9. The Kier molecular flexibility index (Phi) is 5.60. The molecule has 0 unspecified atom stereocenters. The molecule has 0 heterocycles. The van der Waals surface area contributed by atoms with Crippen LogP contribution in [-0.2, 0) is 16.6 Å². The van der Waals surface area contributed by atoms with Gasteiger partial charge >= 0.3 is 0 Å². The molecule has 0 atom stereocenters. The van der Waals surface area contributed by atoms with Crippen LogP contribution < -0.4 is 5.32 Å². The first-order valence-electron chi connectivity index (χ1n) is 7.12. The number of benzene rings is 1. The van der Waals surface area contributed by atoms with E-state index in [2.05, 4.69) is 27.8 Å². The van der Waals surface area contributed by atoms with Crippen LogP contribution in [0.25, 0.3) is 0 Å². The fourth-order valence-electron chi connectivity index (χ4n) is 2.09. The smallest absolute Gasteiger partial charge is 0.244 e. The summed E-state index contributed by atoms with van der Waals surface area (Å²) >= 11 is 3.39. The zero-order chi connectivity index (χ0) is 15.5. The Morgan fingerprint density at radius 2 is 2.19 bits per heavy atom. The van der Waals surface area contributed by atoms with Gasteiger partial charge in [-0.1, -0.05) is 19.1 Å². The molecule has 1 aliphatic carbocycles. The van der Waals surface area contributed by atoms with E-state index in [-0.39, 0.29) is 0 Å². The van der Waals surface area contributed by atoms with Crippen LogP contribution in [0, 0.1) is 0 Å². The van der Waals surface area contributed by atoms with E-state index in [0.717, 1.165) is 12.1 Å². The summed E-state index contributed by atoms with van der Waals surface area (Å²) in [5.41, 5.74) is 1.08. The van der Waals surface area contributed by atoms with Gasteiger partial charge in [0.05, 0.1) is 4.90 Å². The maximum absolute atomic E-state index is 12.6. The SMILES string of the molecule is C=CCN(CC)S(=O)(=O)c1ccc(CNC2CC2)cc1Br. The summed E-state index contributed by atoms with van der Waals surface area (Å²) in [6, 6.07) is 6.06. The largest absolute Gasteiger partial charge is 0.310 e. The summed E-state index contributed by atoms with van der Waals surface area (Å²) in [6.45, 7) is 6.94. The first-order chi connectivity index (χ1) is 9.98. The molecule has 4 nitrogen and oxygen atoms in total. The number of nitrogens with zero attached hydrogens (tertiary/aromatic N) is 1. The van der Waals surface area contributed by atoms with E-state index in [1.54, 1.807) is 12.1 Å². The van der Waals surface area contributed by atoms with Gasteiger partial charge < -0.3 is 5.32 Å². The second-order valence-corrected chi connectivity index (χ2v) is 7.92. The van der Waals surface area contributed by atoms with Gasteiger partial charge in [0, 0.05) is 30.1 Å². The van der Waals surface area contributed by atoms with Crippen molar-refractivity contribution in [3.05, 3.63) is 40.9 Å². The third-order valence-electron chi connectivity index (χ3n) is 3.47. The summed E-state index contributed by atoms with van der Waals surface area (Å²) in [4.78, 5) is 0.307. The summed E-state index contributed by atoms with van der Waals surface area (Å²) in [5, 5.41) is 3.42. The molecule has 1 aliphatic rings. The second-order valence-electron chi connectivity index (χ2n) is 5.16. The van der Waals surface area contributed by atoms with Gasteiger partial charge in [-0.2, -0.15) is 4.31 Å². The van der Waals surface area contributed by atoms with E-state index >= 15 is 0 Å². The standard InChI is InChI=1S/C15H21BrN2O2S/c1-3-9-18(4-2)21(19,20)15-8-5-12(10-14(15)16)11-17-13-6-7-13/h3,5,8,10,13,17H,1,4,6-7,9,11H2,2H3. The average Bonchev–Trinajstić information content (AvgIpc) is 3.26. The molecule has 0 saturated heterocycles. The number of likely N-dealkylation sites (N-methyl/N-ethyl adjacent to an activating group) is 1. The second kappa shape index (κ2) is 7.05. The fraction of sp³-hybridized carbons (Fsp3) is 0.467. The number of hydrogen-bond acceptors (Lipinski definition) is 3. The van der Waals surface area contributed by atoms with Crippen molar-refractivity contribution in [1.29, 1.82) is 0 Å². The molecule has 0 radical (unpaired) electrons. The van der Waals surface area contributed by atoms with E-state index in [1.165, 1.54) is 17.1 Å². The maximum atomic E-state index is 12.6. The van der Waals surface area contributed by atoms with Gasteiger partial charge in [0.15, 0.2) is 0 Å². The van der Waals surface area contributed by atoms with E-state index in [4.69, 9.17) is 0 Å². The maximum Gasteiger partial charge on any atom is 0.244 e. The minimum Gasteiger partial charge on any atom is -0.310 e. The molecule has 0 spiro atoms. The van der Waals surface area contributed by atoms with Crippen LogP contribution in [0.4, 0.5) is 0 Å². The van der Waals surface area contributed by atoms with Gasteiger partial charge in [-0.3, -0.25) is 0 Å². The van der Waals surface area contributed by atoms with Gasteiger partial charge in [0.25, 0.3) is 0 Å². The minimum absolute atomic E-state index is 0.307. The van der Waals surface area contributed by atoms with Crippen molar-refractivity contribution in [2.75, 3.05) is 13.1 Å². The number of hydrogen-bond donors (Lipinski definition) is 1. The van der Waals surface area contributed by atoms with Crippen molar-refractivity contribution in [3.8, 4) is 0 Å². The third kappa shape index (κ3) is 4.16. The third-order valence-corrected chi connectivity index (χ3v) is 6.39. The number of sulfonamides is 1. The Hall–Kier alpha value is -0.690. The lowest BCUT2D eigenvalue weighted by Crippen LogP contribution is -2.31. The highest BCUT2D eigenvalue weighted by Gasteiger charge is 2.25. The van der Waals surface area contributed by atoms with Gasteiger partial charge in [-0.25, -0.2) is 8.42 Å². The molecule has 6 heteroatoms. The lowest BCUT2D eigenvalue weighted by Gasteiger charge is -2.20. The molecule has 1 saturated carbocycles. The van der Waals surface area contributed by atoms with Crippen molar-refractivity contribution >= 4 is 26.0 Å². The molecular weight excluding hydrogens is 352 g/mol. The molecule has 116 valence electrons. The monoisotopic (exact) mass is 372 g/mol. The zero-order valence-corrected chi connectivity index (χ0v) is 14.6. The Morgan fingerprint density at radius 3 is 2.71 bits per heavy atom. The van der Waals surface area contributed by atoms with Gasteiger partial charge in [-0.05, 0) is 46.5 Å². The van der Waals surface area contributed by atoms with Crippen molar-refractivity contribution < 1.29 is 8.42 Å². The van der Waals surface area contributed by atoms with E-state index in [9.17, 15) is 8.42 Å². The average molecular weight is 373 g/mol. The summed E-state index contributed by atoms with van der Waals surface area (Å²) in [5.74, 6) is 0. The normalized spacial score (nSPS) is 15.4. The topological polar surface area (TPSA) is 49.4 Å². The number of nitrogens with one attached hydrogen (secondary N) is 1. The van der Waals surface area contributed by atoms with Crippen LogP contribution in [0.1, 0.15) is 25.3 Å². The molecule has 0 aliphatic heterocycles. The summed E-state index contributed by atoms with van der Waals surface area (Å²) in [6.07, 6.45) is 4.07. The van der Waals surface area contributed by atoms with Gasteiger partial charge in [-0.15, -0.1) is 6.58 Å². The Bertz CT molecular complexity index is 612. The molecule has 0 amide bonds. The lowest BCUT2D eigenvalue weighted by atomic mass is 10.2. The molecule has 1 fully saturated rings. The first-order valence-corrected chi connectivity index (χ1v) is 9.35. The summed E-state index contributed by atoms with van der Waals surface area (Å²) in [7, 11) is -3.48. The molecule has 1 N–H and O–H groups in total. The Balaban J connectivity index is 2.19. The molecule has 0 bridgehead atoms. The predicted octanol–water partition coefficient (Wildman–Crippen LogP) is 2.90. The molecular formula is C15H21BrN2O2S. The van der Waals surface area contributed by atoms with E-state index < -0.39 is 10.0 Å². The van der Waals surface area contributed by atoms with Crippen molar-refractivity contribution in [3.63, 3.8) is 0 Å². The van der Waals surface area contributed by atoms with Crippen LogP contribution in [0.3, 0.4) is 0 Å². The Morgan fingerprint density at radius 1 is 1.48 bits per heavy atom.